The van der Waals surface area contributed by atoms with E-state index in [1.807, 2.05) is 36.5 Å². The van der Waals surface area contributed by atoms with Crippen molar-refractivity contribution >= 4 is 28.2 Å². The highest BCUT2D eigenvalue weighted by Gasteiger charge is 2.38. The highest BCUT2D eigenvalue weighted by molar-refractivity contribution is 7.19. The second kappa shape index (κ2) is 11.3. The van der Waals surface area contributed by atoms with Crippen LogP contribution in [0.15, 0.2) is 85.1 Å². The quantitative estimate of drug-likeness (QED) is 0.253. The van der Waals surface area contributed by atoms with Crippen molar-refractivity contribution in [1.29, 1.82) is 0 Å². The first-order valence-corrected chi connectivity index (χ1v) is 12.1. The maximum atomic E-state index is 11.8. The third-order valence-corrected chi connectivity index (χ3v) is 6.19. The number of aromatic nitrogens is 3. The van der Waals surface area contributed by atoms with E-state index in [-0.39, 0.29) is 5.97 Å². The predicted octanol–water partition coefficient (Wildman–Crippen LogP) is 6.60. The summed E-state index contributed by atoms with van der Waals surface area (Å²) in [4.78, 5) is 26.2. The number of ether oxygens (including phenoxy) is 1. The molecule has 0 bridgehead atoms. The standard InChI is InChI=1S/C25H19N3O2S.C2HF3O2/c1-2-30-24(29)21-14-10-19(11-15-21)22-16-28-25(26-22)31-23(27-28)20-12-8-18(9-13-20)17-6-4-3-5-7-17;3-2(4,5)1(6)7/h3-16H,2H2,1H3;(H,6,7). The van der Waals surface area contributed by atoms with Crippen LogP contribution in [0.3, 0.4) is 0 Å². The number of halogens is 3. The largest absolute Gasteiger partial charge is 0.490 e. The minimum atomic E-state index is -5.08. The Labute approximate surface area is 218 Å². The van der Waals surface area contributed by atoms with Crippen LogP contribution < -0.4 is 0 Å². The molecule has 0 saturated heterocycles. The molecule has 2 heterocycles. The number of rotatable bonds is 5. The lowest BCUT2D eigenvalue weighted by Crippen LogP contribution is -2.21. The molecule has 0 aliphatic rings. The van der Waals surface area contributed by atoms with E-state index in [4.69, 9.17) is 24.7 Å². The maximum absolute atomic E-state index is 11.8. The second-order valence-electron chi connectivity index (χ2n) is 7.80. The molecular weight excluding hydrogens is 519 g/mol. The van der Waals surface area contributed by atoms with Gasteiger partial charge in [-0.25, -0.2) is 19.1 Å². The van der Waals surface area contributed by atoms with Crippen molar-refractivity contribution in [2.75, 3.05) is 6.61 Å². The molecule has 11 heteroatoms. The van der Waals surface area contributed by atoms with E-state index in [1.54, 1.807) is 34.9 Å². The number of carbonyl (C=O) groups is 2. The lowest BCUT2D eigenvalue weighted by Gasteiger charge is -2.02. The van der Waals surface area contributed by atoms with Gasteiger partial charge in [0, 0.05) is 11.1 Å². The average Bonchev–Trinajstić information content (AvgIpc) is 3.49. The topological polar surface area (TPSA) is 93.8 Å². The predicted molar refractivity (Wildman–Crippen MR) is 137 cm³/mol. The summed E-state index contributed by atoms with van der Waals surface area (Å²) in [6.07, 6.45) is -3.17. The molecule has 0 unspecified atom stereocenters. The number of nitrogens with zero attached hydrogens (tertiary/aromatic N) is 3. The van der Waals surface area contributed by atoms with Gasteiger partial charge in [0.1, 0.15) is 5.01 Å². The Balaban J connectivity index is 0.000000426. The van der Waals surface area contributed by atoms with Crippen molar-refractivity contribution in [3.63, 3.8) is 0 Å². The Morgan fingerprint density at radius 1 is 0.895 bits per heavy atom. The van der Waals surface area contributed by atoms with Crippen LogP contribution in [0.2, 0.25) is 0 Å². The van der Waals surface area contributed by atoms with Gasteiger partial charge in [0.2, 0.25) is 4.96 Å². The molecule has 5 rings (SSSR count). The summed E-state index contributed by atoms with van der Waals surface area (Å²) < 4.78 is 38.6. The third kappa shape index (κ3) is 6.24. The molecule has 0 amide bonds. The number of aliphatic carboxylic acids is 1. The minimum Gasteiger partial charge on any atom is -0.475 e. The lowest BCUT2D eigenvalue weighted by atomic mass is 10.0. The van der Waals surface area contributed by atoms with Crippen LogP contribution in [0.4, 0.5) is 13.2 Å². The van der Waals surface area contributed by atoms with Crippen LogP contribution in [-0.2, 0) is 9.53 Å². The van der Waals surface area contributed by atoms with E-state index in [9.17, 15) is 18.0 Å². The fraction of sp³-hybridized carbons (Fsp3) is 0.111. The highest BCUT2D eigenvalue weighted by Crippen LogP contribution is 2.30. The fourth-order valence-electron chi connectivity index (χ4n) is 3.38. The molecule has 194 valence electrons. The number of alkyl halides is 3. The van der Waals surface area contributed by atoms with Crippen LogP contribution >= 0.6 is 11.3 Å². The van der Waals surface area contributed by atoms with Gasteiger partial charge in [-0.05, 0) is 30.2 Å². The first kappa shape index (κ1) is 26.6. The number of benzene rings is 3. The summed E-state index contributed by atoms with van der Waals surface area (Å²) in [5.74, 6) is -3.07. The third-order valence-electron chi connectivity index (χ3n) is 5.22. The van der Waals surface area contributed by atoms with E-state index in [1.165, 1.54) is 11.1 Å². The van der Waals surface area contributed by atoms with Crippen molar-refractivity contribution in [2.24, 2.45) is 0 Å². The number of esters is 1. The summed E-state index contributed by atoms with van der Waals surface area (Å²) in [5, 5.41) is 12.7. The van der Waals surface area contributed by atoms with E-state index < -0.39 is 12.1 Å². The van der Waals surface area contributed by atoms with Crippen LogP contribution in [0, 0.1) is 0 Å². The van der Waals surface area contributed by atoms with Gasteiger partial charge in [0.05, 0.1) is 24.1 Å². The van der Waals surface area contributed by atoms with Crippen LogP contribution in [-0.4, -0.2) is 44.4 Å². The maximum Gasteiger partial charge on any atom is 0.490 e. The molecule has 0 aliphatic carbocycles. The molecular formula is C27H20F3N3O4S. The monoisotopic (exact) mass is 539 g/mol. The number of carboxylic acid groups (broad SMARTS) is 1. The molecule has 0 saturated carbocycles. The van der Waals surface area contributed by atoms with Crippen LogP contribution in [0.1, 0.15) is 17.3 Å². The van der Waals surface area contributed by atoms with E-state index >= 15 is 0 Å². The van der Waals surface area contributed by atoms with Gasteiger partial charge >= 0.3 is 18.1 Å². The Morgan fingerprint density at radius 2 is 1.45 bits per heavy atom. The summed E-state index contributed by atoms with van der Waals surface area (Å²) in [5.41, 5.74) is 5.72. The number of hydrogen-bond acceptors (Lipinski definition) is 6. The summed E-state index contributed by atoms with van der Waals surface area (Å²) in [7, 11) is 0. The number of imidazole rings is 1. The first-order valence-electron chi connectivity index (χ1n) is 11.3. The normalized spacial score (nSPS) is 11.1. The molecule has 0 radical (unpaired) electrons. The summed E-state index contributed by atoms with van der Waals surface area (Å²) in [6, 6.07) is 26.0. The van der Waals surface area contributed by atoms with E-state index in [2.05, 4.69) is 36.4 Å². The van der Waals surface area contributed by atoms with Gasteiger partial charge in [0.25, 0.3) is 0 Å². The summed E-state index contributed by atoms with van der Waals surface area (Å²) in [6.45, 7) is 2.16. The molecule has 0 spiro atoms. The number of fused-ring (bicyclic) bond motifs is 1. The Kier molecular flexibility index (Phi) is 7.87. The Hall–Kier alpha value is -4.51. The van der Waals surface area contributed by atoms with Gasteiger partial charge in [-0.15, -0.1) is 0 Å². The smallest absolute Gasteiger partial charge is 0.475 e. The zero-order chi connectivity index (χ0) is 27.3. The molecule has 7 nitrogen and oxygen atoms in total. The van der Waals surface area contributed by atoms with Crippen molar-refractivity contribution in [3.8, 4) is 33.0 Å². The zero-order valence-corrected chi connectivity index (χ0v) is 20.7. The van der Waals surface area contributed by atoms with Crippen molar-refractivity contribution in [1.82, 2.24) is 14.6 Å². The van der Waals surface area contributed by atoms with Gasteiger partial charge in [-0.3, -0.25) is 0 Å². The highest BCUT2D eigenvalue weighted by atomic mass is 32.1. The Bertz CT molecular complexity index is 1510. The van der Waals surface area contributed by atoms with E-state index in [0.29, 0.717) is 12.2 Å². The molecule has 0 aliphatic heterocycles. The average molecular weight is 540 g/mol. The molecule has 3 aromatic carbocycles. The van der Waals surface area contributed by atoms with Crippen molar-refractivity contribution in [3.05, 3.63) is 90.6 Å². The van der Waals surface area contributed by atoms with Crippen LogP contribution in [0.5, 0.6) is 0 Å². The van der Waals surface area contributed by atoms with Gasteiger partial charge in [0.15, 0.2) is 0 Å². The van der Waals surface area contributed by atoms with Crippen LogP contribution in [0.25, 0.3) is 37.9 Å². The summed E-state index contributed by atoms with van der Waals surface area (Å²) >= 11 is 1.55. The number of carbonyl (C=O) groups excluding carboxylic acids is 1. The van der Waals surface area contributed by atoms with Gasteiger partial charge in [-0.2, -0.15) is 18.3 Å². The molecule has 0 fully saturated rings. The zero-order valence-electron chi connectivity index (χ0n) is 19.8. The molecule has 38 heavy (non-hydrogen) atoms. The lowest BCUT2D eigenvalue weighted by molar-refractivity contribution is -0.192. The second-order valence-corrected chi connectivity index (χ2v) is 8.76. The SMILES string of the molecule is CCOC(=O)c1ccc(-c2cn3nc(-c4ccc(-c5ccccc5)cc4)sc3n2)cc1.O=C(O)C(F)(F)F. The number of hydrogen-bond donors (Lipinski definition) is 1. The number of carboxylic acids is 1. The fourth-order valence-corrected chi connectivity index (χ4v) is 4.27. The molecule has 0 atom stereocenters. The van der Waals surface area contributed by atoms with E-state index in [0.717, 1.165) is 26.8 Å². The van der Waals surface area contributed by atoms with Crippen molar-refractivity contribution < 1.29 is 32.6 Å². The molecule has 5 aromatic rings. The minimum absolute atomic E-state index is 0.315. The molecule has 1 N–H and O–H groups in total. The van der Waals surface area contributed by atoms with Gasteiger partial charge in [-0.1, -0.05) is 78.1 Å². The first-order chi connectivity index (χ1) is 18.2. The van der Waals surface area contributed by atoms with Crippen molar-refractivity contribution in [2.45, 2.75) is 13.1 Å². The Morgan fingerprint density at radius 3 is 2.00 bits per heavy atom. The molecule has 2 aromatic heterocycles. The van der Waals surface area contributed by atoms with Gasteiger partial charge < -0.3 is 9.84 Å².